The van der Waals surface area contributed by atoms with Crippen molar-refractivity contribution in [1.82, 2.24) is 14.7 Å². The van der Waals surface area contributed by atoms with Crippen molar-refractivity contribution in [2.75, 3.05) is 19.8 Å². The Balaban J connectivity index is 2.28. The standard InChI is InChI=1S/C16H25N3O4/c1-11-9-13(17-19(11)16(2,3)4)15(22)18(10-14(20)21)12-5-7-23-8-6-12/h9,12H,5-8,10H2,1-4H3,(H,20,21). The summed E-state index contributed by atoms with van der Waals surface area (Å²) in [7, 11) is 0. The van der Waals surface area contributed by atoms with E-state index in [1.807, 2.05) is 27.7 Å². The molecule has 2 heterocycles. The summed E-state index contributed by atoms with van der Waals surface area (Å²) in [6.07, 6.45) is 1.30. The van der Waals surface area contributed by atoms with Crippen LogP contribution in [0.25, 0.3) is 0 Å². The Kier molecular flexibility index (Phi) is 5.09. The van der Waals surface area contributed by atoms with Crippen LogP contribution in [-0.2, 0) is 15.1 Å². The van der Waals surface area contributed by atoms with E-state index in [-0.39, 0.29) is 24.0 Å². The molecular formula is C16H25N3O4. The number of hydrogen-bond acceptors (Lipinski definition) is 4. The summed E-state index contributed by atoms with van der Waals surface area (Å²) < 4.78 is 7.10. The molecule has 0 atom stereocenters. The van der Waals surface area contributed by atoms with Gasteiger partial charge in [0.15, 0.2) is 5.69 Å². The molecule has 1 N–H and O–H groups in total. The number of aliphatic carboxylic acids is 1. The van der Waals surface area contributed by atoms with E-state index in [0.717, 1.165) is 5.69 Å². The zero-order chi connectivity index (χ0) is 17.2. The Morgan fingerprint density at radius 1 is 1.39 bits per heavy atom. The number of hydrogen-bond donors (Lipinski definition) is 1. The van der Waals surface area contributed by atoms with Gasteiger partial charge in [0.2, 0.25) is 0 Å². The van der Waals surface area contributed by atoms with Gasteiger partial charge in [-0.1, -0.05) is 0 Å². The van der Waals surface area contributed by atoms with E-state index in [0.29, 0.717) is 31.7 Å². The number of nitrogens with zero attached hydrogens (tertiary/aromatic N) is 3. The van der Waals surface area contributed by atoms with Crippen LogP contribution in [0.15, 0.2) is 6.07 Å². The van der Waals surface area contributed by atoms with E-state index in [1.54, 1.807) is 10.7 Å². The van der Waals surface area contributed by atoms with E-state index in [9.17, 15) is 9.59 Å². The Hall–Kier alpha value is -1.89. The fraction of sp³-hybridized carbons (Fsp3) is 0.688. The molecule has 2 rings (SSSR count). The lowest BCUT2D eigenvalue weighted by Crippen LogP contribution is -2.46. The van der Waals surface area contributed by atoms with Gasteiger partial charge in [-0.05, 0) is 46.6 Å². The van der Waals surface area contributed by atoms with Crippen LogP contribution in [0.3, 0.4) is 0 Å². The number of aryl methyl sites for hydroxylation is 1. The van der Waals surface area contributed by atoms with E-state index >= 15 is 0 Å². The predicted molar refractivity (Wildman–Crippen MR) is 84.5 cm³/mol. The minimum atomic E-state index is -1.02. The first-order valence-electron chi connectivity index (χ1n) is 7.88. The van der Waals surface area contributed by atoms with Crippen LogP contribution in [-0.4, -0.2) is 57.5 Å². The van der Waals surface area contributed by atoms with Crippen LogP contribution in [0.2, 0.25) is 0 Å². The second-order valence-electron chi connectivity index (χ2n) is 6.92. The number of amides is 1. The van der Waals surface area contributed by atoms with Gasteiger partial charge in [0, 0.05) is 24.9 Å². The highest BCUT2D eigenvalue weighted by Gasteiger charge is 2.30. The smallest absolute Gasteiger partial charge is 0.323 e. The predicted octanol–water partition coefficient (Wildman–Crippen LogP) is 1.65. The maximum atomic E-state index is 12.8. The third-order valence-corrected chi connectivity index (χ3v) is 3.94. The van der Waals surface area contributed by atoms with E-state index in [4.69, 9.17) is 9.84 Å². The van der Waals surface area contributed by atoms with Crippen molar-refractivity contribution in [3.63, 3.8) is 0 Å². The number of carboxylic acid groups (broad SMARTS) is 1. The maximum Gasteiger partial charge on any atom is 0.323 e. The van der Waals surface area contributed by atoms with Crippen molar-refractivity contribution < 1.29 is 19.4 Å². The molecule has 0 aliphatic carbocycles. The Morgan fingerprint density at radius 3 is 2.48 bits per heavy atom. The zero-order valence-electron chi connectivity index (χ0n) is 14.2. The number of ether oxygens (including phenoxy) is 1. The molecule has 1 aliphatic rings. The molecule has 0 bridgehead atoms. The fourth-order valence-corrected chi connectivity index (χ4v) is 2.91. The van der Waals surface area contributed by atoms with Crippen molar-refractivity contribution in [3.05, 3.63) is 17.5 Å². The molecule has 23 heavy (non-hydrogen) atoms. The van der Waals surface area contributed by atoms with Crippen LogP contribution < -0.4 is 0 Å². The monoisotopic (exact) mass is 323 g/mol. The van der Waals surface area contributed by atoms with Gasteiger partial charge in [0.05, 0.1) is 5.54 Å². The van der Waals surface area contributed by atoms with Crippen LogP contribution in [0.5, 0.6) is 0 Å². The number of carbonyl (C=O) groups is 2. The molecule has 128 valence electrons. The van der Waals surface area contributed by atoms with Crippen molar-refractivity contribution in [3.8, 4) is 0 Å². The van der Waals surface area contributed by atoms with Crippen LogP contribution >= 0.6 is 0 Å². The van der Waals surface area contributed by atoms with Gasteiger partial charge in [0.1, 0.15) is 6.54 Å². The average molecular weight is 323 g/mol. The van der Waals surface area contributed by atoms with Crippen LogP contribution in [0.1, 0.15) is 49.8 Å². The normalized spacial score (nSPS) is 16.3. The third kappa shape index (κ3) is 4.10. The average Bonchev–Trinajstić information content (AvgIpc) is 2.87. The summed E-state index contributed by atoms with van der Waals surface area (Å²) >= 11 is 0. The first kappa shape index (κ1) is 17.5. The molecule has 1 aliphatic heterocycles. The minimum Gasteiger partial charge on any atom is -0.480 e. The summed E-state index contributed by atoms with van der Waals surface area (Å²) in [5.74, 6) is -1.35. The van der Waals surface area contributed by atoms with E-state index in [1.165, 1.54) is 4.90 Å². The molecule has 1 aromatic heterocycles. The molecule has 0 spiro atoms. The van der Waals surface area contributed by atoms with Crippen molar-refractivity contribution >= 4 is 11.9 Å². The van der Waals surface area contributed by atoms with E-state index < -0.39 is 5.97 Å². The lowest BCUT2D eigenvalue weighted by molar-refractivity contribution is -0.138. The van der Waals surface area contributed by atoms with Crippen molar-refractivity contribution in [1.29, 1.82) is 0 Å². The lowest BCUT2D eigenvalue weighted by atomic mass is 10.1. The number of carbonyl (C=O) groups excluding carboxylic acids is 1. The second-order valence-corrected chi connectivity index (χ2v) is 6.92. The summed E-state index contributed by atoms with van der Waals surface area (Å²) in [5, 5.41) is 13.6. The molecular weight excluding hydrogens is 298 g/mol. The molecule has 1 aromatic rings. The molecule has 0 radical (unpaired) electrons. The summed E-state index contributed by atoms with van der Waals surface area (Å²) in [6, 6.07) is 1.61. The van der Waals surface area contributed by atoms with Gasteiger partial charge in [0.25, 0.3) is 5.91 Å². The van der Waals surface area contributed by atoms with Gasteiger partial charge < -0.3 is 14.7 Å². The Bertz CT molecular complexity index is 583. The largest absolute Gasteiger partial charge is 0.480 e. The molecule has 0 aromatic carbocycles. The van der Waals surface area contributed by atoms with Gasteiger partial charge in [-0.25, -0.2) is 0 Å². The van der Waals surface area contributed by atoms with Gasteiger partial charge in [-0.2, -0.15) is 5.10 Å². The summed E-state index contributed by atoms with van der Waals surface area (Å²) in [6.45, 7) is 8.70. The first-order valence-corrected chi connectivity index (χ1v) is 7.88. The number of carboxylic acids is 1. The highest BCUT2D eigenvalue weighted by molar-refractivity contribution is 5.94. The van der Waals surface area contributed by atoms with E-state index in [2.05, 4.69) is 5.10 Å². The summed E-state index contributed by atoms with van der Waals surface area (Å²) in [5.41, 5.74) is 0.937. The van der Waals surface area contributed by atoms with Gasteiger partial charge >= 0.3 is 5.97 Å². The maximum absolute atomic E-state index is 12.8. The molecule has 0 unspecified atom stereocenters. The SMILES string of the molecule is Cc1cc(C(=O)N(CC(=O)O)C2CCOCC2)nn1C(C)(C)C. The molecule has 1 fully saturated rings. The fourth-order valence-electron chi connectivity index (χ4n) is 2.91. The van der Waals surface area contributed by atoms with Gasteiger partial charge in [-0.3, -0.25) is 14.3 Å². The first-order chi connectivity index (χ1) is 10.7. The summed E-state index contributed by atoms with van der Waals surface area (Å²) in [4.78, 5) is 25.4. The van der Waals surface area contributed by atoms with Crippen molar-refractivity contribution in [2.45, 2.75) is 52.1 Å². The molecule has 0 saturated carbocycles. The molecule has 7 nitrogen and oxygen atoms in total. The third-order valence-electron chi connectivity index (χ3n) is 3.94. The quantitative estimate of drug-likeness (QED) is 0.911. The highest BCUT2D eigenvalue weighted by Crippen LogP contribution is 2.20. The minimum absolute atomic E-state index is 0.118. The number of rotatable bonds is 4. The van der Waals surface area contributed by atoms with Crippen molar-refractivity contribution in [2.24, 2.45) is 0 Å². The molecule has 1 saturated heterocycles. The van der Waals surface area contributed by atoms with Gasteiger partial charge in [-0.15, -0.1) is 0 Å². The highest BCUT2D eigenvalue weighted by atomic mass is 16.5. The molecule has 1 amide bonds. The van der Waals surface area contributed by atoms with Crippen LogP contribution in [0.4, 0.5) is 0 Å². The number of aromatic nitrogens is 2. The zero-order valence-corrected chi connectivity index (χ0v) is 14.2. The van der Waals surface area contributed by atoms with Crippen LogP contribution in [0, 0.1) is 6.92 Å². The Labute approximate surface area is 136 Å². The second kappa shape index (κ2) is 6.70. The Morgan fingerprint density at radius 2 is 2.00 bits per heavy atom. The topological polar surface area (TPSA) is 84.7 Å². The molecule has 7 heteroatoms. The lowest BCUT2D eigenvalue weighted by Gasteiger charge is -2.32.